The Bertz CT molecular complexity index is 1530. The van der Waals surface area contributed by atoms with E-state index in [1.807, 2.05) is 38.1 Å². The molecule has 4 rings (SSSR count). The fourth-order valence-corrected chi connectivity index (χ4v) is 5.84. The first kappa shape index (κ1) is 26.2. The monoisotopic (exact) mass is 590 g/mol. The highest BCUT2D eigenvalue weighted by Gasteiger charge is 2.35. The molecule has 0 radical (unpaired) electrons. The number of phenols is 1. The van der Waals surface area contributed by atoms with Crippen LogP contribution in [0.5, 0.6) is 11.5 Å². The van der Waals surface area contributed by atoms with Crippen molar-refractivity contribution in [1.82, 2.24) is 4.57 Å². The second-order valence-electron chi connectivity index (χ2n) is 8.34. The molecule has 1 aromatic heterocycles. The Hall–Kier alpha value is -2.88. The van der Waals surface area contributed by atoms with E-state index in [-0.39, 0.29) is 34.6 Å². The molecule has 2 heterocycles. The largest absolute Gasteiger partial charge is 0.505 e. The maximum absolute atomic E-state index is 13.8. The molecule has 1 aliphatic rings. The number of carbonyl (C=O) groups is 1. The average molecular weight is 592 g/mol. The zero-order valence-electron chi connectivity index (χ0n) is 20.0. The number of allylic oxidation sites excluding steroid dienone is 1. The molecule has 36 heavy (non-hydrogen) atoms. The number of ether oxygens (including phenoxy) is 2. The van der Waals surface area contributed by atoms with Gasteiger partial charge in [-0.2, -0.15) is 0 Å². The van der Waals surface area contributed by atoms with Gasteiger partial charge in [0.05, 0.1) is 38.0 Å². The standard InChI is InChI=1S/C26H24BrClN2O5S/c1-5-34-25(33)21-14(4)29-26-30(22(21)16-8-6-7-9-19(16)35-13(2)3)24(32)20(36-26)12-15-10-17(27)23(31)18(28)11-15/h6-13,22,31H,5H2,1-4H3/b20-12+/t22-/m0/s1. The van der Waals surface area contributed by atoms with E-state index >= 15 is 0 Å². The molecular weight excluding hydrogens is 568 g/mol. The van der Waals surface area contributed by atoms with Crippen molar-refractivity contribution in [2.24, 2.45) is 4.99 Å². The van der Waals surface area contributed by atoms with Crippen LogP contribution in [0.4, 0.5) is 0 Å². The number of esters is 1. The number of para-hydroxylation sites is 1. The number of thiazole rings is 1. The van der Waals surface area contributed by atoms with Gasteiger partial charge in [0.2, 0.25) is 0 Å². The lowest BCUT2D eigenvalue weighted by molar-refractivity contribution is -0.139. The summed E-state index contributed by atoms with van der Waals surface area (Å²) < 4.78 is 13.7. The third-order valence-electron chi connectivity index (χ3n) is 5.43. The van der Waals surface area contributed by atoms with Crippen LogP contribution in [-0.2, 0) is 9.53 Å². The molecule has 0 bridgehead atoms. The van der Waals surface area contributed by atoms with E-state index in [0.717, 1.165) is 0 Å². The summed E-state index contributed by atoms with van der Waals surface area (Å²) in [6, 6.07) is 9.79. The predicted octanol–water partition coefficient (Wildman–Crippen LogP) is 4.71. The second-order valence-corrected chi connectivity index (χ2v) is 10.6. The van der Waals surface area contributed by atoms with Crippen molar-refractivity contribution in [1.29, 1.82) is 0 Å². The molecule has 188 valence electrons. The Labute approximate surface area is 225 Å². The first-order chi connectivity index (χ1) is 17.1. The van der Waals surface area contributed by atoms with Gasteiger partial charge in [-0.15, -0.1) is 0 Å². The summed E-state index contributed by atoms with van der Waals surface area (Å²) in [7, 11) is 0. The number of aromatic nitrogens is 1. The molecule has 0 fully saturated rings. The summed E-state index contributed by atoms with van der Waals surface area (Å²) in [5.74, 6) is -0.0452. The van der Waals surface area contributed by atoms with Crippen LogP contribution < -0.4 is 19.6 Å². The number of nitrogens with zero attached hydrogens (tertiary/aromatic N) is 2. The highest BCUT2D eigenvalue weighted by atomic mass is 79.9. The van der Waals surface area contributed by atoms with E-state index < -0.39 is 12.0 Å². The van der Waals surface area contributed by atoms with Crippen LogP contribution in [0.3, 0.4) is 0 Å². The van der Waals surface area contributed by atoms with E-state index in [9.17, 15) is 14.7 Å². The molecule has 2 aromatic carbocycles. The lowest BCUT2D eigenvalue weighted by atomic mass is 9.95. The summed E-state index contributed by atoms with van der Waals surface area (Å²) in [5, 5.41) is 10.1. The Morgan fingerprint density at radius 1 is 1.33 bits per heavy atom. The Morgan fingerprint density at radius 2 is 2.06 bits per heavy atom. The number of rotatable bonds is 6. The van der Waals surface area contributed by atoms with Crippen LogP contribution in [0.2, 0.25) is 5.02 Å². The van der Waals surface area contributed by atoms with E-state index in [0.29, 0.717) is 36.4 Å². The average Bonchev–Trinajstić information content (AvgIpc) is 3.11. The van der Waals surface area contributed by atoms with Crippen LogP contribution in [-0.4, -0.2) is 28.4 Å². The van der Waals surface area contributed by atoms with Gasteiger partial charge in [-0.05, 0) is 73.5 Å². The summed E-state index contributed by atoms with van der Waals surface area (Å²) in [4.78, 5) is 31.9. The smallest absolute Gasteiger partial charge is 0.338 e. The molecule has 3 aromatic rings. The molecule has 1 N–H and O–H groups in total. The van der Waals surface area contributed by atoms with Gasteiger partial charge in [0.25, 0.3) is 5.56 Å². The van der Waals surface area contributed by atoms with Crippen molar-refractivity contribution in [2.45, 2.75) is 39.8 Å². The normalized spacial score (nSPS) is 15.6. The van der Waals surface area contributed by atoms with Gasteiger partial charge < -0.3 is 14.6 Å². The first-order valence-electron chi connectivity index (χ1n) is 11.3. The van der Waals surface area contributed by atoms with E-state index in [1.54, 1.807) is 32.1 Å². The number of halogens is 2. The van der Waals surface area contributed by atoms with Gasteiger partial charge in [-0.1, -0.05) is 41.1 Å². The van der Waals surface area contributed by atoms with Crippen LogP contribution >= 0.6 is 38.9 Å². The number of aromatic hydroxyl groups is 1. The maximum atomic E-state index is 13.8. The minimum atomic E-state index is -0.785. The maximum Gasteiger partial charge on any atom is 0.338 e. The third-order valence-corrected chi connectivity index (χ3v) is 7.31. The van der Waals surface area contributed by atoms with E-state index in [2.05, 4.69) is 20.9 Å². The summed E-state index contributed by atoms with van der Waals surface area (Å²) in [5.41, 5.74) is 1.72. The van der Waals surface area contributed by atoms with Gasteiger partial charge in [0.1, 0.15) is 17.5 Å². The van der Waals surface area contributed by atoms with E-state index in [1.165, 1.54) is 15.9 Å². The zero-order valence-corrected chi connectivity index (χ0v) is 23.2. The number of phenolic OH excluding ortho intramolecular Hbond substituents is 1. The predicted molar refractivity (Wildman–Crippen MR) is 143 cm³/mol. The Morgan fingerprint density at radius 3 is 2.72 bits per heavy atom. The molecule has 0 saturated carbocycles. The van der Waals surface area contributed by atoms with Crippen molar-refractivity contribution in [3.8, 4) is 11.5 Å². The number of fused-ring (bicyclic) bond motifs is 1. The summed E-state index contributed by atoms with van der Waals surface area (Å²) >= 11 is 10.6. The quantitative estimate of drug-likeness (QED) is 0.420. The van der Waals surface area contributed by atoms with E-state index in [4.69, 9.17) is 21.1 Å². The lowest BCUT2D eigenvalue weighted by Crippen LogP contribution is -2.40. The zero-order chi connectivity index (χ0) is 26.1. The summed E-state index contributed by atoms with van der Waals surface area (Å²) in [6.45, 7) is 7.48. The van der Waals surface area contributed by atoms with Crippen molar-refractivity contribution in [2.75, 3.05) is 6.61 Å². The molecule has 10 heteroatoms. The van der Waals surface area contributed by atoms with Crippen LogP contribution in [0.1, 0.15) is 44.9 Å². The second kappa shape index (κ2) is 10.6. The van der Waals surface area contributed by atoms with Crippen LogP contribution in [0.25, 0.3) is 6.08 Å². The molecule has 0 saturated heterocycles. The van der Waals surface area contributed by atoms with Crippen molar-refractivity contribution < 1.29 is 19.4 Å². The van der Waals surface area contributed by atoms with Crippen molar-refractivity contribution in [3.63, 3.8) is 0 Å². The molecule has 0 spiro atoms. The van der Waals surface area contributed by atoms with Gasteiger partial charge in [-0.25, -0.2) is 9.79 Å². The minimum Gasteiger partial charge on any atom is -0.505 e. The number of hydrogen-bond donors (Lipinski definition) is 1. The highest BCUT2D eigenvalue weighted by molar-refractivity contribution is 9.10. The van der Waals surface area contributed by atoms with Gasteiger partial charge >= 0.3 is 5.97 Å². The lowest BCUT2D eigenvalue weighted by Gasteiger charge is -2.26. The Kier molecular flexibility index (Phi) is 7.73. The Balaban J connectivity index is 1.99. The SMILES string of the molecule is CCOC(=O)C1=C(C)N=c2s/c(=C/c3cc(Cl)c(O)c(Br)c3)c(=O)n2[C@H]1c1ccccc1OC(C)C. The summed E-state index contributed by atoms with van der Waals surface area (Å²) in [6.07, 6.45) is 1.56. The van der Waals surface area contributed by atoms with Gasteiger partial charge in [0, 0.05) is 5.56 Å². The van der Waals surface area contributed by atoms with Crippen molar-refractivity contribution in [3.05, 3.63) is 88.0 Å². The number of hydrogen-bond acceptors (Lipinski definition) is 7. The first-order valence-corrected chi connectivity index (χ1v) is 13.2. The molecular formula is C26H24BrClN2O5S. The number of carbonyl (C=O) groups excluding carboxylic acids is 1. The van der Waals surface area contributed by atoms with Crippen LogP contribution in [0.15, 0.2) is 61.9 Å². The van der Waals surface area contributed by atoms with Crippen molar-refractivity contribution >= 4 is 50.9 Å². The molecule has 1 aliphatic heterocycles. The fraction of sp³-hybridized carbons (Fsp3) is 0.269. The topological polar surface area (TPSA) is 90.1 Å². The molecule has 7 nitrogen and oxygen atoms in total. The molecule has 0 aliphatic carbocycles. The molecule has 0 unspecified atom stereocenters. The third kappa shape index (κ3) is 5.00. The fourth-order valence-electron chi connectivity index (χ4n) is 3.97. The van der Waals surface area contributed by atoms with Gasteiger partial charge in [0.15, 0.2) is 4.80 Å². The van der Waals surface area contributed by atoms with Crippen LogP contribution in [0, 0.1) is 0 Å². The van der Waals surface area contributed by atoms with Gasteiger partial charge in [-0.3, -0.25) is 9.36 Å². The highest BCUT2D eigenvalue weighted by Crippen LogP contribution is 2.36. The molecule has 1 atom stereocenters. The molecule has 0 amide bonds. The number of benzene rings is 2. The minimum absolute atomic E-state index is 0.0771.